The fraction of sp³-hybridized carbons (Fsp3) is 0.367. The van der Waals surface area contributed by atoms with Gasteiger partial charge in [0.15, 0.2) is 11.5 Å². The van der Waals surface area contributed by atoms with E-state index in [2.05, 4.69) is 9.88 Å². The van der Waals surface area contributed by atoms with Gasteiger partial charge < -0.3 is 28.7 Å². The molecule has 11 heteroatoms. The Balaban J connectivity index is 1.54. The van der Waals surface area contributed by atoms with Crippen molar-refractivity contribution in [3.05, 3.63) is 65.2 Å². The molecule has 0 amide bonds. The molecule has 1 aliphatic rings. The number of nitrogens with zero attached hydrogens (tertiary/aromatic N) is 2. The smallest absolute Gasteiger partial charge is 0.416 e. The van der Waals surface area contributed by atoms with Crippen molar-refractivity contribution in [1.82, 2.24) is 14.9 Å². The van der Waals surface area contributed by atoms with Crippen LogP contribution in [0.15, 0.2) is 48.5 Å². The molecule has 1 aromatic heterocycles. The Kier molecular flexibility index (Phi) is 8.55. The molecule has 0 radical (unpaired) electrons. The van der Waals surface area contributed by atoms with Crippen LogP contribution in [0, 0.1) is 0 Å². The summed E-state index contributed by atoms with van der Waals surface area (Å²) in [6.07, 6.45) is -4.46. The molecular weight excluding hydrogens is 539 g/mol. The molecule has 0 aliphatic carbocycles. The van der Waals surface area contributed by atoms with Crippen LogP contribution < -0.4 is 18.9 Å². The van der Waals surface area contributed by atoms with Gasteiger partial charge in [0, 0.05) is 37.7 Å². The molecule has 4 aromatic rings. The Hall–Kier alpha value is -3.96. The number of fused-ring (bicyclic) bond motifs is 1. The largest absolute Gasteiger partial charge is 0.493 e. The minimum Gasteiger partial charge on any atom is -0.493 e. The summed E-state index contributed by atoms with van der Waals surface area (Å²) in [5.74, 6) is 2.39. The fourth-order valence-corrected chi connectivity index (χ4v) is 5.01. The number of imidazole rings is 1. The summed E-state index contributed by atoms with van der Waals surface area (Å²) < 4.78 is 69.4. The summed E-state index contributed by atoms with van der Waals surface area (Å²) in [6, 6.07) is 12.7. The van der Waals surface area contributed by atoms with E-state index in [1.165, 1.54) is 33.5 Å². The number of methoxy groups -OCH3 is 3. The summed E-state index contributed by atoms with van der Waals surface area (Å²) in [5, 5.41) is 0. The van der Waals surface area contributed by atoms with Crippen molar-refractivity contribution in [3.63, 3.8) is 0 Å². The number of ether oxygens (including phenoxy) is 5. The number of H-pyrrole nitrogens is 1. The topological polar surface area (TPSA) is 78.1 Å². The van der Waals surface area contributed by atoms with E-state index in [0.29, 0.717) is 77.3 Å². The van der Waals surface area contributed by atoms with E-state index in [1.54, 1.807) is 24.3 Å². The van der Waals surface area contributed by atoms with Gasteiger partial charge in [0.1, 0.15) is 18.2 Å². The van der Waals surface area contributed by atoms with E-state index < -0.39 is 11.7 Å². The molecule has 1 saturated heterocycles. The zero-order valence-corrected chi connectivity index (χ0v) is 23.1. The molecule has 0 bridgehead atoms. The Labute approximate surface area is 235 Å². The average molecular weight is 572 g/mol. The third-order valence-corrected chi connectivity index (χ3v) is 7.06. The van der Waals surface area contributed by atoms with Gasteiger partial charge in [-0.2, -0.15) is 13.2 Å². The van der Waals surface area contributed by atoms with Gasteiger partial charge in [-0.05, 0) is 35.4 Å². The predicted molar refractivity (Wildman–Crippen MR) is 148 cm³/mol. The maximum absolute atomic E-state index is 13.8. The number of hydrogen-bond donors (Lipinski definition) is 1. The predicted octanol–water partition coefficient (Wildman–Crippen LogP) is 5.58. The first-order chi connectivity index (χ1) is 19.8. The Morgan fingerprint density at radius 1 is 0.927 bits per heavy atom. The van der Waals surface area contributed by atoms with Crippen molar-refractivity contribution in [3.8, 4) is 34.4 Å². The molecule has 0 atom stereocenters. The fourth-order valence-electron chi connectivity index (χ4n) is 5.01. The van der Waals surface area contributed by atoms with Crippen LogP contribution >= 0.6 is 0 Å². The number of hydrogen-bond acceptors (Lipinski definition) is 7. The third kappa shape index (κ3) is 6.36. The van der Waals surface area contributed by atoms with Crippen molar-refractivity contribution in [2.75, 3.05) is 60.8 Å². The SMILES string of the molecule is COc1cc(-c2nc3c(Cc4ccccc4C(F)(F)F)cc(OCCN4CCOCC4)cc3[nH]2)cc(OC)c1OC. The second kappa shape index (κ2) is 12.3. The number of aromatic nitrogens is 2. The number of morpholine rings is 1. The summed E-state index contributed by atoms with van der Waals surface area (Å²) in [4.78, 5) is 10.4. The minimum atomic E-state index is -4.48. The second-order valence-corrected chi connectivity index (χ2v) is 9.61. The average Bonchev–Trinajstić information content (AvgIpc) is 3.41. The Bertz CT molecular complexity index is 1470. The monoisotopic (exact) mass is 571 g/mol. The highest BCUT2D eigenvalue weighted by atomic mass is 19.4. The number of aromatic amines is 1. The van der Waals surface area contributed by atoms with Crippen LogP contribution in [0.25, 0.3) is 22.4 Å². The lowest BCUT2D eigenvalue weighted by Gasteiger charge is -2.26. The Morgan fingerprint density at radius 2 is 1.63 bits per heavy atom. The zero-order chi connectivity index (χ0) is 29.0. The molecule has 0 unspecified atom stereocenters. The molecule has 3 aromatic carbocycles. The standard InChI is InChI=1S/C30H32F3N3O5/c1-37-25-16-21(17-26(38-2)28(25)39-3)29-34-24-18-22(41-13-10-36-8-11-40-12-9-36)15-20(27(24)35-29)14-19-6-4-5-7-23(19)30(31,32)33/h4-7,15-18H,8-14H2,1-3H3,(H,34,35). The quantitative estimate of drug-likeness (QED) is 0.267. The van der Waals surface area contributed by atoms with Crippen molar-refractivity contribution >= 4 is 11.0 Å². The lowest BCUT2D eigenvalue weighted by Crippen LogP contribution is -2.38. The van der Waals surface area contributed by atoms with E-state index in [9.17, 15) is 13.2 Å². The van der Waals surface area contributed by atoms with Crippen molar-refractivity contribution in [2.24, 2.45) is 0 Å². The van der Waals surface area contributed by atoms with Gasteiger partial charge in [0.25, 0.3) is 0 Å². The molecule has 1 N–H and O–H groups in total. The van der Waals surface area contributed by atoms with Crippen LogP contribution in [0.3, 0.4) is 0 Å². The molecule has 5 rings (SSSR count). The molecule has 41 heavy (non-hydrogen) atoms. The number of nitrogens with one attached hydrogen (secondary N) is 1. The van der Waals surface area contributed by atoms with Gasteiger partial charge in [-0.1, -0.05) is 18.2 Å². The molecule has 218 valence electrons. The first-order valence-corrected chi connectivity index (χ1v) is 13.2. The van der Waals surface area contributed by atoms with Crippen molar-refractivity contribution in [1.29, 1.82) is 0 Å². The lowest BCUT2D eigenvalue weighted by atomic mass is 9.98. The molecule has 8 nitrogen and oxygen atoms in total. The number of halogens is 3. The number of benzene rings is 3. The molecule has 1 aliphatic heterocycles. The normalized spacial score (nSPS) is 14.3. The zero-order valence-electron chi connectivity index (χ0n) is 23.1. The summed E-state index contributed by atoms with van der Waals surface area (Å²) >= 11 is 0. The van der Waals surface area contributed by atoms with Crippen LogP contribution in [0.2, 0.25) is 0 Å². The highest BCUT2D eigenvalue weighted by Crippen LogP contribution is 2.41. The number of rotatable bonds is 10. The van der Waals surface area contributed by atoms with Crippen LogP contribution in [-0.4, -0.2) is 75.7 Å². The van der Waals surface area contributed by atoms with Crippen LogP contribution in [-0.2, 0) is 17.3 Å². The van der Waals surface area contributed by atoms with E-state index in [0.717, 1.165) is 19.2 Å². The van der Waals surface area contributed by atoms with E-state index >= 15 is 0 Å². The lowest BCUT2D eigenvalue weighted by molar-refractivity contribution is -0.138. The summed E-state index contributed by atoms with van der Waals surface area (Å²) in [6.45, 7) is 4.19. The Morgan fingerprint density at radius 3 is 2.29 bits per heavy atom. The highest BCUT2D eigenvalue weighted by Gasteiger charge is 2.33. The highest BCUT2D eigenvalue weighted by molar-refractivity contribution is 5.85. The first-order valence-electron chi connectivity index (χ1n) is 13.2. The van der Waals surface area contributed by atoms with Crippen LogP contribution in [0.4, 0.5) is 13.2 Å². The summed E-state index contributed by atoms with van der Waals surface area (Å²) in [7, 11) is 4.57. The molecular formula is C30H32F3N3O5. The maximum Gasteiger partial charge on any atom is 0.416 e. The van der Waals surface area contributed by atoms with Gasteiger partial charge in [0.2, 0.25) is 5.75 Å². The number of alkyl halides is 3. The van der Waals surface area contributed by atoms with Gasteiger partial charge >= 0.3 is 6.18 Å². The van der Waals surface area contributed by atoms with Crippen LogP contribution in [0.1, 0.15) is 16.7 Å². The van der Waals surface area contributed by atoms with Crippen LogP contribution in [0.5, 0.6) is 23.0 Å². The van der Waals surface area contributed by atoms with Crippen molar-refractivity contribution < 1.29 is 36.9 Å². The van der Waals surface area contributed by atoms with E-state index in [-0.39, 0.29) is 12.0 Å². The molecule has 2 heterocycles. The molecule has 0 spiro atoms. The third-order valence-electron chi connectivity index (χ3n) is 7.06. The van der Waals surface area contributed by atoms with Gasteiger partial charge in [-0.3, -0.25) is 4.90 Å². The van der Waals surface area contributed by atoms with Gasteiger partial charge in [-0.25, -0.2) is 4.98 Å². The van der Waals surface area contributed by atoms with Gasteiger partial charge in [0.05, 0.1) is 51.1 Å². The summed E-state index contributed by atoms with van der Waals surface area (Å²) in [5.41, 5.74) is 1.93. The van der Waals surface area contributed by atoms with E-state index in [1.807, 2.05) is 6.07 Å². The minimum absolute atomic E-state index is 0.0202. The molecule has 1 fully saturated rings. The maximum atomic E-state index is 13.8. The molecule has 0 saturated carbocycles. The van der Waals surface area contributed by atoms with E-state index in [4.69, 9.17) is 28.7 Å². The van der Waals surface area contributed by atoms with Crippen molar-refractivity contribution in [2.45, 2.75) is 12.6 Å². The second-order valence-electron chi connectivity index (χ2n) is 9.61. The first kappa shape index (κ1) is 28.6. The van der Waals surface area contributed by atoms with Gasteiger partial charge in [-0.15, -0.1) is 0 Å².